The summed E-state index contributed by atoms with van der Waals surface area (Å²) in [5.74, 6) is 0.348. The fourth-order valence-corrected chi connectivity index (χ4v) is 4.20. The van der Waals surface area contributed by atoms with Crippen molar-refractivity contribution in [2.24, 2.45) is 0 Å². The standard InChI is InChI=1S/C19H23F2N3O5S/c1-27-16-6-4-14(12-15(16)24-9-7-22-8-10-24)30(25,26)23-13-3-5-17(28-2)18(11-13)29-19(20)21/h3-6,11-12,19,22-23H,7-10H2,1-2H3. The average Bonchev–Trinajstić information content (AvgIpc) is 2.73. The van der Waals surface area contributed by atoms with E-state index >= 15 is 0 Å². The van der Waals surface area contributed by atoms with Gasteiger partial charge < -0.3 is 24.4 Å². The van der Waals surface area contributed by atoms with Gasteiger partial charge in [0, 0.05) is 32.2 Å². The summed E-state index contributed by atoms with van der Waals surface area (Å²) in [6.07, 6.45) is 0. The second kappa shape index (κ2) is 9.35. The molecule has 2 aromatic rings. The molecule has 30 heavy (non-hydrogen) atoms. The largest absolute Gasteiger partial charge is 0.495 e. The molecule has 2 aromatic carbocycles. The topological polar surface area (TPSA) is 89.1 Å². The Labute approximate surface area is 173 Å². The lowest BCUT2D eigenvalue weighted by Gasteiger charge is -2.30. The Morgan fingerprint density at radius 2 is 1.67 bits per heavy atom. The number of ether oxygens (including phenoxy) is 3. The number of nitrogens with zero attached hydrogens (tertiary/aromatic N) is 1. The lowest BCUT2D eigenvalue weighted by atomic mass is 10.2. The van der Waals surface area contributed by atoms with Crippen molar-refractivity contribution in [1.29, 1.82) is 0 Å². The number of rotatable bonds is 8. The van der Waals surface area contributed by atoms with Crippen LogP contribution in [0.3, 0.4) is 0 Å². The van der Waals surface area contributed by atoms with E-state index in [1.807, 2.05) is 4.90 Å². The van der Waals surface area contributed by atoms with Crippen molar-refractivity contribution in [2.45, 2.75) is 11.5 Å². The number of halogens is 2. The Kier molecular flexibility index (Phi) is 6.83. The molecule has 164 valence electrons. The third-order valence-corrected chi connectivity index (χ3v) is 5.93. The number of hydrogen-bond acceptors (Lipinski definition) is 7. The minimum absolute atomic E-state index is 0.0176. The molecule has 0 aromatic heterocycles. The Bertz CT molecular complexity index is 982. The molecule has 1 aliphatic heterocycles. The van der Waals surface area contributed by atoms with Gasteiger partial charge >= 0.3 is 6.61 Å². The highest BCUT2D eigenvalue weighted by Crippen LogP contribution is 2.34. The van der Waals surface area contributed by atoms with E-state index in [0.29, 0.717) is 24.5 Å². The normalized spacial score (nSPS) is 14.5. The van der Waals surface area contributed by atoms with Gasteiger partial charge in [0.2, 0.25) is 0 Å². The Morgan fingerprint density at radius 3 is 2.30 bits per heavy atom. The maximum absolute atomic E-state index is 12.9. The summed E-state index contributed by atoms with van der Waals surface area (Å²) in [6.45, 7) is -0.108. The van der Waals surface area contributed by atoms with Crippen LogP contribution in [0.2, 0.25) is 0 Å². The first kappa shape index (κ1) is 21.9. The molecule has 0 radical (unpaired) electrons. The number of piperazine rings is 1. The Balaban J connectivity index is 1.90. The van der Waals surface area contributed by atoms with E-state index in [0.717, 1.165) is 19.2 Å². The van der Waals surface area contributed by atoms with Gasteiger partial charge in [-0.2, -0.15) is 8.78 Å². The number of hydrogen-bond donors (Lipinski definition) is 2. The molecular weight excluding hydrogens is 420 g/mol. The van der Waals surface area contributed by atoms with Crippen LogP contribution in [0.1, 0.15) is 0 Å². The molecule has 1 saturated heterocycles. The van der Waals surface area contributed by atoms with Crippen LogP contribution in [0.5, 0.6) is 17.2 Å². The van der Waals surface area contributed by atoms with E-state index in [1.165, 1.54) is 38.5 Å². The van der Waals surface area contributed by atoms with E-state index in [2.05, 4.69) is 14.8 Å². The second-order valence-electron chi connectivity index (χ2n) is 6.42. The van der Waals surface area contributed by atoms with E-state index in [9.17, 15) is 17.2 Å². The average molecular weight is 443 g/mol. The zero-order valence-electron chi connectivity index (χ0n) is 16.5. The van der Waals surface area contributed by atoms with Gasteiger partial charge in [0.15, 0.2) is 11.5 Å². The van der Waals surface area contributed by atoms with Crippen LogP contribution in [0.4, 0.5) is 20.2 Å². The summed E-state index contributed by atoms with van der Waals surface area (Å²) in [5.41, 5.74) is 0.726. The SMILES string of the molecule is COc1ccc(NS(=O)(=O)c2ccc(OC)c(N3CCNCC3)c2)cc1OC(F)F. The highest BCUT2D eigenvalue weighted by atomic mass is 32.2. The summed E-state index contributed by atoms with van der Waals surface area (Å²) in [4.78, 5) is 2.06. The molecule has 11 heteroatoms. The molecule has 0 unspecified atom stereocenters. The van der Waals surface area contributed by atoms with Crippen molar-refractivity contribution in [1.82, 2.24) is 5.32 Å². The zero-order valence-corrected chi connectivity index (χ0v) is 17.3. The quantitative estimate of drug-likeness (QED) is 0.648. The number of anilines is 2. The van der Waals surface area contributed by atoms with Gasteiger partial charge in [-0.25, -0.2) is 8.42 Å². The van der Waals surface area contributed by atoms with Crippen LogP contribution in [-0.4, -0.2) is 55.4 Å². The van der Waals surface area contributed by atoms with Crippen LogP contribution >= 0.6 is 0 Å². The van der Waals surface area contributed by atoms with Crippen LogP contribution in [-0.2, 0) is 10.0 Å². The number of methoxy groups -OCH3 is 2. The Hall–Kier alpha value is -2.79. The van der Waals surface area contributed by atoms with E-state index in [-0.39, 0.29) is 22.1 Å². The molecule has 0 aliphatic carbocycles. The molecule has 1 fully saturated rings. The van der Waals surface area contributed by atoms with Gasteiger partial charge in [-0.3, -0.25) is 4.72 Å². The van der Waals surface area contributed by atoms with Crippen molar-refractivity contribution in [3.8, 4) is 17.2 Å². The van der Waals surface area contributed by atoms with Crippen LogP contribution in [0.15, 0.2) is 41.3 Å². The van der Waals surface area contributed by atoms with E-state index in [4.69, 9.17) is 9.47 Å². The van der Waals surface area contributed by atoms with Gasteiger partial charge in [-0.1, -0.05) is 0 Å². The second-order valence-corrected chi connectivity index (χ2v) is 8.10. The van der Waals surface area contributed by atoms with Crippen LogP contribution in [0.25, 0.3) is 0 Å². The Morgan fingerprint density at radius 1 is 1.00 bits per heavy atom. The first-order valence-electron chi connectivity index (χ1n) is 9.13. The fourth-order valence-electron chi connectivity index (χ4n) is 3.13. The van der Waals surface area contributed by atoms with Gasteiger partial charge in [-0.05, 0) is 30.3 Å². The first-order valence-corrected chi connectivity index (χ1v) is 10.6. The lowest BCUT2D eigenvalue weighted by molar-refractivity contribution is -0.0511. The minimum atomic E-state index is -4.00. The van der Waals surface area contributed by atoms with Crippen molar-refractivity contribution < 1.29 is 31.4 Å². The number of nitrogens with one attached hydrogen (secondary N) is 2. The van der Waals surface area contributed by atoms with Gasteiger partial charge in [0.1, 0.15) is 5.75 Å². The highest BCUT2D eigenvalue weighted by Gasteiger charge is 2.21. The summed E-state index contributed by atoms with van der Waals surface area (Å²) in [5, 5.41) is 3.24. The molecular formula is C19H23F2N3O5S. The van der Waals surface area contributed by atoms with E-state index in [1.54, 1.807) is 6.07 Å². The monoisotopic (exact) mass is 443 g/mol. The van der Waals surface area contributed by atoms with Crippen molar-refractivity contribution in [3.05, 3.63) is 36.4 Å². The predicted molar refractivity (Wildman–Crippen MR) is 109 cm³/mol. The third kappa shape index (κ3) is 5.03. The molecule has 0 saturated carbocycles. The van der Waals surface area contributed by atoms with E-state index < -0.39 is 16.6 Å². The molecule has 1 heterocycles. The molecule has 0 atom stereocenters. The first-order chi connectivity index (χ1) is 14.3. The van der Waals surface area contributed by atoms with Crippen LogP contribution < -0.4 is 29.1 Å². The molecule has 8 nitrogen and oxygen atoms in total. The lowest BCUT2D eigenvalue weighted by Crippen LogP contribution is -2.43. The molecule has 0 spiro atoms. The zero-order chi connectivity index (χ0) is 21.7. The summed E-state index contributed by atoms with van der Waals surface area (Å²) in [7, 11) is -1.17. The van der Waals surface area contributed by atoms with Gasteiger partial charge in [0.25, 0.3) is 10.0 Å². The third-order valence-electron chi connectivity index (χ3n) is 4.55. The van der Waals surface area contributed by atoms with Crippen molar-refractivity contribution >= 4 is 21.4 Å². The molecule has 1 aliphatic rings. The van der Waals surface area contributed by atoms with Gasteiger partial charge in [-0.15, -0.1) is 0 Å². The maximum Gasteiger partial charge on any atom is 0.387 e. The summed E-state index contributed by atoms with van der Waals surface area (Å²) in [6, 6.07) is 8.43. The fraction of sp³-hybridized carbons (Fsp3) is 0.368. The molecule has 0 bridgehead atoms. The smallest absolute Gasteiger partial charge is 0.387 e. The molecule has 2 N–H and O–H groups in total. The summed E-state index contributed by atoms with van der Waals surface area (Å²) < 4.78 is 68.2. The van der Waals surface area contributed by atoms with Crippen LogP contribution in [0, 0.1) is 0 Å². The minimum Gasteiger partial charge on any atom is -0.495 e. The van der Waals surface area contributed by atoms with Crippen molar-refractivity contribution in [3.63, 3.8) is 0 Å². The maximum atomic E-state index is 12.9. The highest BCUT2D eigenvalue weighted by molar-refractivity contribution is 7.92. The number of alkyl halides is 2. The summed E-state index contributed by atoms with van der Waals surface area (Å²) >= 11 is 0. The van der Waals surface area contributed by atoms with Crippen molar-refractivity contribution in [2.75, 3.05) is 50.0 Å². The van der Waals surface area contributed by atoms with Gasteiger partial charge in [0.05, 0.1) is 30.5 Å². The molecule has 3 rings (SSSR count). The predicted octanol–water partition coefficient (Wildman–Crippen LogP) is 2.52. The number of benzene rings is 2. The molecule has 0 amide bonds. The number of sulfonamides is 1.